The van der Waals surface area contributed by atoms with Crippen molar-refractivity contribution in [2.24, 2.45) is 0 Å². The molecule has 7 heteroatoms. The van der Waals surface area contributed by atoms with Crippen molar-refractivity contribution in [1.82, 2.24) is 15.6 Å². The maximum absolute atomic E-state index is 12.3. The molecule has 1 atom stereocenters. The Bertz CT molecular complexity index is 748. The Morgan fingerprint density at radius 1 is 1.19 bits per heavy atom. The molecule has 2 aromatic rings. The lowest BCUT2D eigenvalue weighted by Crippen LogP contribution is -2.48. The summed E-state index contributed by atoms with van der Waals surface area (Å²) in [6.07, 6.45) is 3.59. The third-order valence-electron chi connectivity index (χ3n) is 4.59. The van der Waals surface area contributed by atoms with Crippen molar-refractivity contribution in [1.29, 1.82) is 0 Å². The first-order valence-corrected chi connectivity index (χ1v) is 9.46. The Labute approximate surface area is 163 Å². The quantitative estimate of drug-likeness (QED) is 0.809. The van der Waals surface area contributed by atoms with E-state index in [-0.39, 0.29) is 18.1 Å². The third-order valence-corrected chi connectivity index (χ3v) is 5.33. The molecule has 0 spiro atoms. The Balaban J connectivity index is 1.47. The fraction of sp³-hybridized carbons (Fsp3) is 0.368. The lowest BCUT2D eigenvalue weighted by Gasteiger charge is -2.33. The molecule has 0 aliphatic carbocycles. The van der Waals surface area contributed by atoms with Gasteiger partial charge in [-0.3, -0.25) is 0 Å². The van der Waals surface area contributed by atoms with E-state index in [1.165, 1.54) is 0 Å². The van der Waals surface area contributed by atoms with Crippen LogP contribution in [-0.2, 0) is 0 Å². The molecule has 1 aliphatic rings. The molecule has 0 bridgehead atoms. The summed E-state index contributed by atoms with van der Waals surface area (Å²) in [5, 5.41) is 7.01. The second-order valence-electron chi connectivity index (χ2n) is 6.46. The zero-order chi connectivity index (χ0) is 18.5. The number of rotatable bonds is 4. The van der Waals surface area contributed by atoms with Gasteiger partial charge in [0.05, 0.1) is 16.1 Å². The van der Waals surface area contributed by atoms with Crippen LogP contribution in [0.4, 0.5) is 10.6 Å². The molecule has 3 rings (SSSR count). The van der Waals surface area contributed by atoms with Gasteiger partial charge < -0.3 is 15.5 Å². The number of carbonyl (C=O) groups is 1. The minimum absolute atomic E-state index is 0.154. The predicted octanol–water partition coefficient (Wildman–Crippen LogP) is 4.42. The molecule has 0 radical (unpaired) electrons. The molecule has 1 aromatic carbocycles. The van der Waals surface area contributed by atoms with Crippen LogP contribution in [0.25, 0.3) is 0 Å². The van der Waals surface area contributed by atoms with Gasteiger partial charge in [0.1, 0.15) is 5.82 Å². The average Bonchev–Trinajstić information content (AvgIpc) is 2.65. The standard InChI is InChI=1S/C19H22Cl2N4O/c1-13(14-5-6-16(20)17(21)12-14)23-19(26)24-15-7-10-25(11-8-15)18-4-2-3-9-22-18/h2-6,9,12-13,15H,7-8,10-11H2,1H3,(H2,23,24,26)/t13-/m1/s1. The smallest absolute Gasteiger partial charge is 0.315 e. The van der Waals surface area contributed by atoms with E-state index in [9.17, 15) is 4.79 Å². The van der Waals surface area contributed by atoms with Gasteiger partial charge in [-0.25, -0.2) is 9.78 Å². The van der Waals surface area contributed by atoms with Crippen LogP contribution in [0.1, 0.15) is 31.4 Å². The number of amides is 2. The number of halogens is 2. The molecule has 1 aromatic heterocycles. The molecule has 2 amide bonds. The lowest BCUT2D eigenvalue weighted by molar-refractivity contribution is 0.231. The van der Waals surface area contributed by atoms with E-state index in [1.54, 1.807) is 18.3 Å². The summed E-state index contributed by atoms with van der Waals surface area (Å²) in [6, 6.07) is 11.1. The summed E-state index contributed by atoms with van der Waals surface area (Å²) >= 11 is 12.0. The summed E-state index contributed by atoms with van der Waals surface area (Å²) < 4.78 is 0. The Kier molecular flexibility index (Phi) is 6.22. The van der Waals surface area contributed by atoms with Gasteiger partial charge >= 0.3 is 6.03 Å². The van der Waals surface area contributed by atoms with Crippen LogP contribution in [0, 0.1) is 0 Å². The normalized spacial score (nSPS) is 16.2. The van der Waals surface area contributed by atoms with Gasteiger partial charge in [-0.05, 0) is 49.6 Å². The fourth-order valence-electron chi connectivity index (χ4n) is 3.08. The van der Waals surface area contributed by atoms with Crippen molar-refractivity contribution in [2.75, 3.05) is 18.0 Å². The highest BCUT2D eigenvalue weighted by Gasteiger charge is 2.22. The maximum Gasteiger partial charge on any atom is 0.315 e. The van der Waals surface area contributed by atoms with Gasteiger partial charge in [-0.15, -0.1) is 0 Å². The number of nitrogens with one attached hydrogen (secondary N) is 2. The lowest BCUT2D eigenvalue weighted by atomic mass is 10.1. The fourth-order valence-corrected chi connectivity index (χ4v) is 3.39. The van der Waals surface area contributed by atoms with Crippen molar-refractivity contribution in [2.45, 2.75) is 31.8 Å². The number of hydrogen-bond donors (Lipinski definition) is 2. The SMILES string of the molecule is C[C@@H](NC(=O)NC1CCN(c2ccccn2)CC1)c1ccc(Cl)c(Cl)c1. The summed E-state index contributed by atoms with van der Waals surface area (Å²) in [5.41, 5.74) is 0.916. The molecule has 2 N–H and O–H groups in total. The van der Waals surface area contributed by atoms with Crippen molar-refractivity contribution >= 4 is 35.1 Å². The number of carbonyl (C=O) groups excluding carboxylic acids is 1. The molecule has 5 nitrogen and oxygen atoms in total. The number of hydrogen-bond acceptors (Lipinski definition) is 3. The highest BCUT2D eigenvalue weighted by Crippen LogP contribution is 2.25. The number of nitrogens with zero attached hydrogens (tertiary/aromatic N) is 2. The Morgan fingerprint density at radius 3 is 2.62 bits per heavy atom. The number of aromatic nitrogens is 1. The van der Waals surface area contributed by atoms with Crippen molar-refractivity contribution in [3.05, 3.63) is 58.2 Å². The first-order valence-electron chi connectivity index (χ1n) is 8.71. The monoisotopic (exact) mass is 392 g/mol. The number of benzene rings is 1. The van der Waals surface area contributed by atoms with Gasteiger partial charge in [0.2, 0.25) is 0 Å². The Hall–Kier alpha value is -1.98. The van der Waals surface area contributed by atoms with Crippen molar-refractivity contribution in [3.8, 4) is 0 Å². The van der Waals surface area contributed by atoms with E-state index in [0.29, 0.717) is 10.0 Å². The summed E-state index contributed by atoms with van der Waals surface area (Å²) in [5.74, 6) is 0.989. The van der Waals surface area contributed by atoms with Gasteiger partial charge in [0.25, 0.3) is 0 Å². The molecular weight excluding hydrogens is 371 g/mol. The molecule has 138 valence electrons. The van der Waals surface area contributed by atoms with Crippen LogP contribution < -0.4 is 15.5 Å². The van der Waals surface area contributed by atoms with Gasteiger partial charge in [0.15, 0.2) is 0 Å². The zero-order valence-corrected chi connectivity index (χ0v) is 16.1. The molecule has 0 unspecified atom stereocenters. The third kappa shape index (κ3) is 4.80. The Morgan fingerprint density at radius 2 is 1.96 bits per heavy atom. The number of urea groups is 1. The summed E-state index contributed by atoms with van der Waals surface area (Å²) in [6.45, 7) is 3.68. The van der Waals surface area contributed by atoms with Gasteiger partial charge in [-0.1, -0.05) is 35.3 Å². The molecule has 2 heterocycles. The number of pyridine rings is 1. The highest BCUT2D eigenvalue weighted by atomic mass is 35.5. The minimum atomic E-state index is -0.167. The van der Waals surface area contributed by atoms with E-state index >= 15 is 0 Å². The molecule has 1 saturated heterocycles. The first kappa shape index (κ1) is 18.8. The maximum atomic E-state index is 12.3. The second kappa shape index (κ2) is 8.60. The average molecular weight is 393 g/mol. The predicted molar refractivity (Wildman–Crippen MR) is 106 cm³/mol. The first-order chi connectivity index (χ1) is 12.5. The molecule has 0 saturated carbocycles. The van der Waals surface area contributed by atoms with E-state index in [2.05, 4.69) is 20.5 Å². The zero-order valence-electron chi connectivity index (χ0n) is 14.6. The van der Waals surface area contributed by atoms with Gasteiger partial charge in [-0.2, -0.15) is 0 Å². The topological polar surface area (TPSA) is 57.3 Å². The second-order valence-corrected chi connectivity index (χ2v) is 7.28. The number of anilines is 1. The summed E-state index contributed by atoms with van der Waals surface area (Å²) in [7, 11) is 0. The van der Waals surface area contributed by atoms with E-state index < -0.39 is 0 Å². The van der Waals surface area contributed by atoms with E-state index in [4.69, 9.17) is 23.2 Å². The van der Waals surface area contributed by atoms with E-state index in [1.807, 2.05) is 31.2 Å². The largest absolute Gasteiger partial charge is 0.356 e. The van der Waals surface area contributed by atoms with Crippen LogP contribution in [0.2, 0.25) is 10.0 Å². The van der Waals surface area contributed by atoms with Crippen molar-refractivity contribution < 1.29 is 4.79 Å². The summed E-state index contributed by atoms with van der Waals surface area (Å²) in [4.78, 5) is 18.9. The van der Waals surface area contributed by atoms with Crippen LogP contribution >= 0.6 is 23.2 Å². The molecule has 1 fully saturated rings. The minimum Gasteiger partial charge on any atom is -0.356 e. The van der Waals surface area contributed by atoms with Crippen LogP contribution in [0.15, 0.2) is 42.6 Å². The molecule has 1 aliphatic heterocycles. The van der Waals surface area contributed by atoms with Gasteiger partial charge in [0, 0.05) is 25.3 Å². The molecule has 26 heavy (non-hydrogen) atoms. The van der Waals surface area contributed by atoms with Crippen LogP contribution in [-0.4, -0.2) is 30.1 Å². The highest BCUT2D eigenvalue weighted by molar-refractivity contribution is 6.42. The molecular formula is C19H22Cl2N4O. The van der Waals surface area contributed by atoms with E-state index in [0.717, 1.165) is 37.3 Å². The van der Waals surface area contributed by atoms with Crippen molar-refractivity contribution in [3.63, 3.8) is 0 Å². The van der Waals surface area contributed by atoms with Crippen LogP contribution in [0.5, 0.6) is 0 Å². The van der Waals surface area contributed by atoms with Crippen LogP contribution in [0.3, 0.4) is 0 Å². The number of piperidine rings is 1.